The van der Waals surface area contributed by atoms with Gasteiger partial charge in [0.15, 0.2) is 23.0 Å². The summed E-state index contributed by atoms with van der Waals surface area (Å²) >= 11 is 0. The summed E-state index contributed by atoms with van der Waals surface area (Å²) in [6.07, 6.45) is -0.378. The van der Waals surface area contributed by atoms with Crippen molar-refractivity contribution in [3.63, 3.8) is 0 Å². The highest BCUT2D eigenvalue weighted by Crippen LogP contribution is 2.56. The van der Waals surface area contributed by atoms with E-state index in [-0.39, 0.29) is 54.6 Å². The molecule has 1 aliphatic carbocycles. The zero-order valence-corrected chi connectivity index (χ0v) is 17.8. The Hall–Kier alpha value is -3.17. The van der Waals surface area contributed by atoms with Gasteiger partial charge in [-0.2, -0.15) is 0 Å². The first-order chi connectivity index (χ1) is 15.6. The molecule has 9 nitrogen and oxygen atoms in total. The molecule has 170 valence electrons. The molecule has 0 spiro atoms. The molecular formula is C23H25NO8. The number of cyclic esters (lactones) is 1. The van der Waals surface area contributed by atoms with E-state index in [0.717, 1.165) is 16.7 Å². The summed E-state index contributed by atoms with van der Waals surface area (Å²) in [6, 6.07) is 7.26. The lowest BCUT2D eigenvalue weighted by molar-refractivity contribution is -0.141. The Balaban J connectivity index is 1.72. The Morgan fingerprint density at radius 2 is 1.69 bits per heavy atom. The van der Waals surface area contributed by atoms with Gasteiger partial charge in [0.25, 0.3) is 0 Å². The minimum Gasteiger partial charge on any atom is -0.502 e. The van der Waals surface area contributed by atoms with Gasteiger partial charge in [0, 0.05) is 18.4 Å². The van der Waals surface area contributed by atoms with E-state index < -0.39 is 5.92 Å². The van der Waals surface area contributed by atoms with Crippen molar-refractivity contribution in [3.05, 3.63) is 41.0 Å². The number of phenols is 1. The summed E-state index contributed by atoms with van der Waals surface area (Å²) in [5, 5.41) is 10.4. The van der Waals surface area contributed by atoms with Gasteiger partial charge in [0.05, 0.1) is 39.5 Å². The van der Waals surface area contributed by atoms with E-state index >= 15 is 0 Å². The fourth-order valence-corrected chi connectivity index (χ4v) is 5.01. The maximum atomic E-state index is 13.0. The largest absolute Gasteiger partial charge is 0.502 e. The normalized spacial score (nSPS) is 25.2. The highest BCUT2D eigenvalue weighted by atomic mass is 16.7. The molecule has 0 radical (unpaired) electrons. The van der Waals surface area contributed by atoms with E-state index in [1.54, 1.807) is 12.1 Å². The van der Waals surface area contributed by atoms with Crippen LogP contribution in [0.25, 0.3) is 0 Å². The van der Waals surface area contributed by atoms with Gasteiger partial charge in [-0.25, -0.2) is 0 Å². The van der Waals surface area contributed by atoms with Gasteiger partial charge >= 0.3 is 5.97 Å². The second-order valence-electron chi connectivity index (χ2n) is 7.99. The third-order valence-electron chi connectivity index (χ3n) is 6.40. The summed E-state index contributed by atoms with van der Waals surface area (Å²) in [5.74, 6) is 0.258. The van der Waals surface area contributed by atoms with E-state index in [0.29, 0.717) is 24.7 Å². The number of hydrogen-bond acceptors (Lipinski definition) is 9. The molecule has 2 aromatic rings. The van der Waals surface area contributed by atoms with Crippen LogP contribution in [0.3, 0.4) is 0 Å². The average molecular weight is 443 g/mol. The zero-order chi connectivity index (χ0) is 22.4. The molecule has 0 amide bonds. The summed E-state index contributed by atoms with van der Waals surface area (Å²) < 4.78 is 33.6. The van der Waals surface area contributed by atoms with Gasteiger partial charge in [0.2, 0.25) is 12.5 Å². The van der Waals surface area contributed by atoms with E-state index in [4.69, 9.17) is 34.2 Å². The van der Waals surface area contributed by atoms with Crippen molar-refractivity contribution in [2.24, 2.45) is 17.6 Å². The van der Waals surface area contributed by atoms with Crippen LogP contribution in [-0.4, -0.2) is 51.8 Å². The summed E-state index contributed by atoms with van der Waals surface area (Å²) in [6.45, 7) is 1.09. The lowest BCUT2D eigenvalue weighted by atomic mass is 9.66. The van der Waals surface area contributed by atoms with Crippen LogP contribution in [-0.2, 0) is 14.3 Å². The third kappa shape index (κ3) is 3.11. The molecule has 0 saturated carbocycles. The van der Waals surface area contributed by atoms with Crippen molar-refractivity contribution in [1.29, 1.82) is 0 Å². The predicted octanol–water partition coefficient (Wildman–Crippen LogP) is 2.09. The lowest BCUT2D eigenvalue weighted by Crippen LogP contribution is -2.36. The molecule has 0 unspecified atom stereocenters. The average Bonchev–Trinajstić information content (AvgIpc) is 3.42. The van der Waals surface area contributed by atoms with Gasteiger partial charge in [-0.3, -0.25) is 4.79 Å². The topological polar surface area (TPSA) is 119 Å². The minimum atomic E-state index is -0.496. The molecule has 32 heavy (non-hydrogen) atoms. The van der Waals surface area contributed by atoms with Crippen LogP contribution in [0.1, 0.15) is 28.7 Å². The van der Waals surface area contributed by atoms with Gasteiger partial charge in [-0.15, -0.1) is 0 Å². The van der Waals surface area contributed by atoms with Crippen molar-refractivity contribution in [3.8, 4) is 28.7 Å². The van der Waals surface area contributed by atoms with Gasteiger partial charge in [0.1, 0.15) is 0 Å². The van der Waals surface area contributed by atoms with Crippen LogP contribution in [0.4, 0.5) is 0 Å². The molecule has 5 rings (SSSR count). The van der Waals surface area contributed by atoms with Crippen LogP contribution in [0.2, 0.25) is 0 Å². The van der Waals surface area contributed by atoms with Crippen molar-refractivity contribution in [1.82, 2.24) is 0 Å². The first kappa shape index (κ1) is 20.7. The lowest BCUT2D eigenvalue weighted by Gasteiger charge is -2.39. The Kier molecular flexibility index (Phi) is 5.22. The highest BCUT2D eigenvalue weighted by molar-refractivity contribution is 5.79. The number of carbonyl (C=O) groups excluding carboxylic acids is 1. The molecule has 2 aromatic carbocycles. The molecule has 1 fully saturated rings. The number of ether oxygens (including phenoxy) is 6. The number of benzene rings is 2. The molecule has 0 aromatic heterocycles. The molecule has 9 heteroatoms. The van der Waals surface area contributed by atoms with Gasteiger partial charge < -0.3 is 39.3 Å². The van der Waals surface area contributed by atoms with Crippen molar-refractivity contribution >= 4 is 5.97 Å². The summed E-state index contributed by atoms with van der Waals surface area (Å²) in [7, 11) is 2.93. The number of nitrogens with two attached hydrogens (primary N) is 1. The molecule has 1 saturated heterocycles. The van der Waals surface area contributed by atoms with E-state index in [1.165, 1.54) is 14.2 Å². The smallest absolute Gasteiger partial charge is 0.310 e. The van der Waals surface area contributed by atoms with E-state index in [9.17, 15) is 9.90 Å². The molecule has 3 N–H and O–H groups in total. The first-order valence-corrected chi connectivity index (χ1v) is 10.4. The molecule has 4 atom stereocenters. The molecule has 3 aliphatic rings. The SMILES string of the molecule is COc1cc([C@H]2c3cc4c(cc3[C@@H](OCCN)[C@H]3COC(=O)[C@H]23)OCO4)cc(OC)c1O. The second kappa shape index (κ2) is 8.07. The monoisotopic (exact) mass is 443 g/mol. The fourth-order valence-electron chi connectivity index (χ4n) is 5.01. The Morgan fingerprint density at radius 1 is 1.03 bits per heavy atom. The van der Waals surface area contributed by atoms with Crippen molar-refractivity contribution < 1.29 is 38.3 Å². The summed E-state index contributed by atoms with van der Waals surface area (Å²) in [4.78, 5) is 13.0. The van der Waals surface area contributed by atoms with Crippen LogP contribution in [0.5, 0.6) is 28.7 Å². The highest BCUT2D eigenvalue weighted by Gasteiger charge is 2.53. The van der Waals surface area contributed by atoms with Crippen LogP contribution < -0.4 is 24.7 Å². The predicted molar refractivity (Wildman–Crippen MR) is 111 cm³/mol. The Morgan fingerprint density at radius 3 is 2.31 bits per heavy atom. The standard InChI is InChI=1S/C23H25NO8/c1-27-17-5-11(6-18(28-2)21(17)25)19-12-7-15-16(32-10-31-15)8-13(12)22(29-4-3-24)14-9-30-23(26)20(14)19/h5-8,14,19-20,22,25H,3-4,9-10,24H2,1-2H3/t14-,19-,20-,22+/m0/s1. The van der Waals surface area contributed by atoms with Crippen molar-refractivity contribution in [2.45, 2.75) is 12.0 Å². The number of hydrogen-bond donors (Lipinski definition) is 2. The second-order valence-corrected chi connectivity index (χ2v) is 7.99. The molecule has 2 aliphatic heterocycles. The molecule has 2 heterocycles. The quantitative estimate of drug-likeness (QED) is 0.647. The summed E-state index contributed by atoms with van der Waals surface area (Å²) in [5.41, 5.74) is 8.22. The number of carbonyl (C=O) groups is 1. The Labute approximate surface area is 184 Å². The van der Waals surface area contributed by atoms with Crippen LogP contribution in [0, 0.1) is 11.8 Å². The number of fused-ring (bicyclic) bond motifs is 3. The van der Waals surface area contributed by atoms with E-state index in [1.807, 2.05) is 12.1 Å². The maximum absolute atomic E-state index is 13.0. The zero-order valence-electron chi connectivity index (χ0n) is 17.8. The maximum Gasteiger partial charge on any atom is 0.310 e. The van der Waals surface area contributed by atoms with Gasteiger partial charge in [-0.05, 0) is 41.0 Å². The number of esters is 1. The minimum absolute atomic E-state index is 0.102. The fraction of sp³-hybridized carbons (Fsp3) is 0.435. The number of phenolic OH excluding ortho intramolecular Hbond substituents is 1. The first-order valence-electron chi connectivity index (χ1n) is 10.4. The molecule has 0 bridgehead atoms. The van der Waals surface area contributed by atoms with Crippen LogP contribution in [0.15, 0.2) is 24.3 Å². The Bertz CT molecular complexity index is 1030. The van der Waals surface area contributed by atoms with Crippen molar-refractivity contribution in [2.75, 3.05) is 40.8 Å². The number of methoxy groups -OCH3 is 2. The molecular weight excluding hydrogens is 418 g/mol. The third-order valence-corrected chi connectivity index (χ3v) is 6.40. The van der Waals surface area contributed by atoms with Gasteiger partial charge in [-0.1, -0.05) is 0 Å². The van der Waals surface area contributed by atoms with Crippen LogP contribution >= 0.6 is 0 Å². The van der Waals surface area contributed by atoms with E-state index in [2.05, 4.69) is 0 Å². The number of rotatable bonds is 6. The number of aromatic hydroxyl groups is 1.